The third kappa shape index (κ3) is 4.58. The molecule has 0 N–H and O–H groups in total. The summed E-state index contributed by atoms with van der Waals surface area (Å²) in [6.07, 6.45) is 3.19. The summed E-state index contributed by atoms with van der Waals surface area (Å²) < 4.78 is 7.44. The number of hydrogen-bond acceptors (Lipinski definition) is 7. The van der Waals surface area contributed by atoms with Crippen LogP contribution in [0, 0.1) is 5.41 Å². The first-order valence-corrected chi connectivity index (χ1v) is 13.6. The number of hydrogen-bond donors (Lipinski definition) is 0. The van der Waals surface area contributed by atoms with E-state index in [2.05, 4.69) is 79.1 Å². The third-order valence-electron chi connectivity index (χ3n) is 7.27. The Bertz CT molecular complexity index is 1430. The van der Waals surface area contributed by atoms with Gasteiger partial charge in [-0.25, -0.2) is 15.0 Å². The molecule has 6 rings (SSSR count). The van der Waals surface area contributed by atoms with E-state index in [0.29, 0.717) is 6.61 Å². The number of benzene rings is 2. The Morgan fingerprint density at radius 3 is 2.78 bits per heavy atom. The molecule has 0 radical (unpaired) electrons. The highest BCUT2D eigenvalue weighted by atomic mass is 32.1. The van der Waals surface area contributed by atoms with Gasteiger partial charge in [-0.2, -0.15) is 0 Å². The fourth-order valence-corrected chi connectivity index (χ4v) is 6.04. The number of fused-ring (bicyclic) bond motifs is 3. The van der Waals surface area contributed by atoms with Crippen LogP contribution in [0.5, 0.6) is 5.75 Å². The molecule has 0 fully saturated rings. The Morgan fingerprint density at radius 1 is 1.08 bits per heavy atom. The standard InChI is InChI=1S/C29H33N5OS/c1-29(2)10-9-23-22(15-29)28(32-27(31-23)17-33(3)4)34-11-12-35-25-7-5-19(13-21(25)16-34)20-6-8-26-24(14-20)30-18-36-26/h5-8,13-14,18H,9-12,15-17H2,1-4H3. The largest absolute Gasteiger partial charge is 0.491 e. The second kappa shape index (κ2) is 9.12. The van der Waals surface area contributed by atoms with Gasteiger partial charge in [0.2, 0.25) is 0 Å². The molecule has 2 aromatic heterocycles. The van der Waals surface area contributed by atoms with Crippen molar-refractivity contribution in [1.82, 2.24) is 19.9 Å². The van der Waals surface area contributed by atoms with Gasteiger partial charge in [-0.05, 0) is 74.2 Å². The second-order valence-electron chi connectivity index (χ2n) is 11.1. The van der Waals surface area contributed by atoms with E-state index in [0.717, 1.165) is 61.8 Å². The highest BCUT2D eigenvalue weighted by Gasteiger charge is 2.31. The zero-order valence-corrected chi connectivity index (χ0v) is 22.4. The first kappa shape index (κ1) is 23.4. The molecule has 0 saturated carbocycles. The lowest BCUT2D eigenvalue weighted by molar-refractivity contribution is 0.308. The lowest BCUT2D eigenvalue weighted by Crippen LogP contribution is -2.32. The molecule has 1 aliphatic heterocycles. The van der Waals surface area contributed by atoms with E-state index >= 15 is 0 Å². The lowest BCUT2D eigenvalue weighted by atomic mass is 9.76. The smallest absolute Gasteiger partial charge is 0.144 e. The van der Waals surface area contributed by atoms with Gasteiger partial charge < -0.3 is 14.5 Å². The molecule has 2 aliphatic rings. The number of aromatic nitrogens is 3. The van der Waals surface area contributed by atoms with Crippen LogP contribution < -0.4 is 9.64 Å². The van der Waals surface area contributed by atoms with Crippen molar-refractivity contribution in [2.75, 3.05) is 32.1 Å². The summed E-state index contributed by atoms with van der Waals surface area (Å²) in [4.78, 5) is 19.2. The topological polar surface area (TPSA) is 54.4 Å². The van der Waals surface area contributed by atoms with Crippen LogP contribution in [0.2, 0.25) is 0 Å². The van der Waals surface area contributed by atoms with Crippen LogP contribution in [0.15, 0.2) is 41.9 Å². The highest BCUT2D eigenvalue weighted by molar-refractivity contribution is 7.16. The first-order chi connectivity index (χ1) is 17.3. The molecule has 0 bridgehead atoms. The van der Waals surface area contributed by atoms with Crippen LogP contribution in [0.3, 0.4) is 0 Å². The van der Waals surface area contributed by atoms with E-state index in [1.54, 1.807) is 11.3 Å². The molecule has 186 valence electrons. The summed E-state index contributed by atoms with van der Waals surface area (Å²) in [5, 5.41) is 0. The lowest BCUT2D eigenvalue weighted by Gasteiger charge is -2.34. The number of rotatable bonds is 4. The van der Waals surface area contributed by atoms with Gasteiger partial charge in [0.15, 0.2) is 0 Å². The van der Waals surface area contributed by atoms with Crippen molar-refractivity contribution in [1.29, 1.82) is 0 Å². The van der Waals surface area contributed by atoms with Gasteiger partial charge >= 0.3 is 0 Å². The van der Waals surface area contributed by atoms with Gasteiger partial charge in [0.1, 0.15) is 24.0 Å². The molecule has 36 heavy (non-hydrogen) atoms. The van der Waals surface area contributed by atoms with Crippen LogP contribution in [0.1, 0.15) is 42.9 Å². The summed E-state index contributed by atoms with van der Waals surface area (Å²) in [6, 6.07) is 13.1. The molecule has 0 atom stereocenters. The predicted octanol–water partition coefficient (Wildman–Crippen LogP) is 5.73. The van der Waals surface area contributed by atoms with Crippen LogP contribution in [-0.4, -0.2) is 47.1 Å². The maximum atomic E-state index is 6.22. The molecule has 1 aliphatic carbocycles. The van der Waals surface area contributed by atoms with Gasteiger partial charge in [-0.3, -0.25) is 0 Å². The molecule has 0 unspecified atom stereocenters. The molecule has 0 saturated heterocycles. The zero-order chi connectivity index (χ0) is 24.9. The zero-order valence-electron chi connectivity index (χ0n) is 21.5. The molecule has 0 amide bonds. The van der Waals surface area contributed by atoms with Crippen molar-refractivity contribution in [2.24, 2.45) is 5.41 Å². The van der Waals surface area contributed by atoms with Gasteiger partial charge in [0.05, 0.1) is 28.8 Å². The van der Waals surface area contributed by atoms with Crippen molar-refractivity contribution in [3.63, 3.8) is 0 Å². The summed E-state index contributed by atoms with van der Waals surface area (Å²) in [5.74, 6) is 2.97. The van der Waals surface area contributed by atoms with Crippen molar-refractivity contribution in [3.05, 3.63) is 64.6 Å². The number of anilines is 1. The molecule has 2 aromatic carbocycles. The Hall–Kier alpha value is -3.03. The van der Waals surface area contributed by atoms with Crippen molar-refractivity contribution >= 4 is 27.4 Å². The van der Waals surface area contributed by atoms with E-state index in [-0.39, 0.29) is 5.41 Å². The summed E-state index contributed by atoms with van der Waals surface area (Å²) in [6.45, 7) is 7.68. The Kier molecular flexibility index (Phi) is 5.92. The molecular formula is C29H33N5OS. The minimum atomic E-state index is 0.260. The van der Waals surface area contributed by atoms with Crippen molar-refractivity contribution in [2.45, 2.75) is 46.2 Å². The van der Waals surface area contributed by atoms with Crippen LogP contribution in [0.25, 0.3) is 21.3 Å². The molecule has 7 heteroatoms. The molecule has 0 spiro atoms. The fraction of sp³-hybridized carbons (Fsp3) is 0.414. The van der Waals surface area contributed by atoms with Crippen LogP contribution >= 0.6 is 11.3 Å². The van der Waals surface area contributed by atoms with Gasteiger partial charge in [0, 0.05) is 23.4 Å². The number of ether oxygens (including phenoxy) is 1. The van der Waals surface area contributed by atoms with Crippen molar-refractivity contribution < 1.29 is 4.74 Å². The quantitative estimate of drug-likeness (QED) is 0.358. The molecule has 3 heterocycles. The highest BCUT2D eigenvalue weighted by Crippen LogP contribution is 2.39. The maximum absolute atomic E-state index is 6.22. The minimum absolute atomic E-state index is 0.260. The summed E-state index contributed by atoms with van der Waals surface area (Å²) >= 11 is 1.68. The normalized spacial score (nSPS) is 17.0. The van der Waals surface area contributed by atoms with Crippen LogP contribution in [-0.2, 0) is 25.9 Å². The van der Waals surface area contributed by atoms with Crippen molar-refractivity contribution in [3.8, 4) is 16.9 Å². The third-order valence-corrected chi connectivity index (χ3v) is 8.08. The Morgan fingerprint density at radius 2 is 1.92 bits per heavy atom. The predicted molar refractivity (Wildman–Crippen MR) is 147 cm³/mol. The van der Waals surface area contributed by atoms with Gasteiger partial charge in [-0.15, -0.1) is 11.3 Å². The van der Waals surface area contributed by atoms with Gasteiger partial charge in [0.25, 0.3) is 0 Å². The summed E-state index contributed by atoms with van der Waals surface area (Å²) in [7, 11) is 4.15. The first-order valence-electron chi connectivity index (χ1n) is 12.7. The molecule has 6 nitrogen and oxygen atoms in total. The maximum Gasteiger partial charge on any atom is 0.144 e. The SMILES string of the molecule is CN(C)Cc1nc2c(c(N3CCOc4ccc(-c5ccc6scnc6c5)cc4C3)n1)CC(C)(C)CC2. The molecule has 4 aromatic rings. The number of thiazole rings is 1. The van der Waals surface area contributed by atoms with E-state index < -0.39 is 0 Å². The fourth-order valence-electron chi connectivity index (χ4n) is 5.39. The average molecular weight is 500 g/mol. The average Bonchev–Trinajstić information content (AvgIpc) is 3.21. The van der Waals surface area contributed by atoms with Crippen LogP contribution in [0.4, 0.5) is 5.82 Å². The molecular weight excluding hydrogens is 466 g/mol. The minimum Gasteiger partial charge on any atom is -0.491 e. The number of aryl methyl sites for hydroxylation is 1. The Balaban J connectivity index is 1.38. The second-order valence-corrected chi connectivity index (χ2v) is 12.0. The monoisotopic (exact) mass is 499 g/mol. The summed E-state index contributed by atoms with van der Waals surface area (Å²) in [5.41, 5.74) is 9.33. The van der Waals surface area contributed by atoms with E-state index in [9.17, 15) is 0 Å². The van der Waals surface area contributed by atoms with E-state index in [4.69, 9.17) is 14.7 Å². The van der Waals surface area contributed by atoms with Gasteiger partial charge in [-0.1, -0.05) is 26.0 Å². The number of nitrogens with zero attached hydrogens (tertiary/aromatic N) is 5. The van der Waals surface area contributed by atoms with E-state index in [1.165, 1.54) is 32.6 Å². The Labute approximate surface area is 217 Å². The van der Waals surface area contributed by atoms with E-state index in [1.807, 2.05) is 5.51 Å².